The number of carbonyl (C=O) groups excluding carboxylic acids is 2. The number of benzene rings is 2. The maximum atomic E-state index is 13.7. The normalized spacial score (nSPS) is 18.8. The van der Waals surface area contributed by atoms with Gasteiger partial charge in [0.25, 0.3) is 0 Å². The molecular formula is C29H35N3O6. The molecule has 1 fully saturated rings. The van der Waals surface area contributed by atoms with E-state index in [-0.39, 0.29) is 19.6 Å². The highest BCUT2D eigenvalue weighted by Gasteiger charge is 2.42. The number of carbonyl (C=O) groups is 3. The highest BCUT2D eigenvalue weighted by atomic mass is 16.5. The lowest BCUT2D eigenvalue weighted by atomic mass is 10.00. The fraction of sp³-hybridized carbons (Fsp3) is 0.414. The van der Waals surface area contributed by atoms with Crippen LogP contribution < -0.4 is 5.32 Å². The second-order valence-corrected chi connectivity index (χ2v) is 9.68. The summed E-state index contributed by atoms with van der Waals surface area (Å²) in [6.45, 7) is 1.87. The Labute approximate surface area is 221 Å². The molecule has 1 aliphatic heterocycles. The topological polar surface area (TPSA) is 132 Å². The smallest absolute Gasteiger partial charge is 0.326 e. The molecule has 9 nitrogen and oxygen atoms in total. The van der Waals surface area contributed by atoms with E-state index in [1.807, 2.05) is 60.8 Å². The number of para-hydroxylation sites is 1. The zero-order chi connectivity index (χ0) is 27.1. The first-order valence-corrected chi connectivity index (χ1v) is 13.1. The van der Waals surface area contributed by atoms with Crippen molar-refractivity contribution in [3.8, 4) is 0 Å². The molecule has 0 radical (unpaired) electrons. The number of hydrogen-bond acceptors (Lipinski definition) is 6. The number of aromatic nitrogens is 1. The summed E-state index contributed by atoms with van der Waals surface area (Å²) in [4.78, 5) is 43.0. The molecule has 0 bridgehead atoms. The van der Waals surface area contributed by atoms with Gasteiger partial charge in [-0.25, -0.2) is 4.79 Å². The van der Waals surface area contributed by atoms with Crippen molar-refractivity contribution >= 4 is 28.7 Å². The van der Waals surface area contributed by atoms with Crippen molar-refractivity contribution in [3.63, 3.8) is 0 Å². The number of H-pyrrole nitrogens is 1. The summed E-state index contributed by atoms with van der Waals surface area (Å²) in [5.41, 5.74) is 3.06. The summed E-state index contributed by atoms with van der Waals surface area (Å²) >= 11 is 0. The van der Waals surface area contributed by atoms with Crippen LogP contribution in [0.25, 0.3) is 10.9 Å². The zero-order valence-electron chi connectivity index (χ0n) is 21.5. The van der Waals surface area contributed by atoms with Crippen molar-refractivity contribution in [2.75, 3.05) is 13.2 Å². The second-order valence-electron chi connectivity index (χ2n) is 9.68. The van der Waals surface area contributed by atoms with Crippen LogP contribution in [0.5, 0.6) is 0 Å². The molecule has 9 heteroatoms. The van der Waals surface area contributed by atoms with Gasteiger partial charge in [-0.3, -0.25) is 14.9 Å². The number of carboxylic acids is 1. The number of esters is 1. The highest BCUT2D eigenvalue weighted by molar-refractivity contribution is 5.89. The molecule has 4 rings (SSSR count). The fourth-order valence-electron chi connectivity index (χ4n) is 5.12. The number of carboxylic acid groups (broad SMARTS) is 1. The largest absolute Gasteiger partial charge is 0.480 e. The maximum absolute atomic E-state index is 13.7. The minimum Gasteiger partial charge on any atom is -0.480 e. The molecule has 4 N–H and O–H groups in total. The average Bonchev–Trinajstić information content (AvgIpc) is 3.52. The van der Waals surface area contributed by atoms with E-state index in [9.17, 15) is 24.6 Å². The van der Waals surface area contributed by atoms with Gasteiger partial charge >= 0.3 is 11.9 Å². The number of amides is 1. The third kappa shape index (κ3) is 6.59. The third-order valence-corrected chi connectivity index (χ3v) is 7.06. The van der Waals surface area contributed by atoms with Gasteiger partial charge in [0.05, 0.1) is 18.8 Å². The molecule has 3 aromatic rings. The first-order valence-electron chi connectivity index (χ1n) is 13.1. The van der Waals surface area contributed by atoms with Gasteiger partial charge in [-0.2, -0.15) is 0 Å². The van der Waals surface area contributed by atoms with E-state index >= 15 is 0 Å². The molecule has 1 amide bonds. The van der Waals surface area contributed by atoms with E-state index in [4.69, 9.17) is 4.74 Å². The van der Waals surface area contributed by atoms with Gasteiger partial charge in [-0.05, 0) is 49.8 Å². The van der Waals surface area contributed by atoms with Gasteiger partial charge < -0.3 is 24.8 Å². The Morgan fingerprint density at radius 2 is 1.76 bits per heavy atom. The minimum atomic E-state index is -1.16. The van der Waals surface area contributed by atoms with Crippen LogP contribution in [-0.4, -0.2) is 75.3 Å². The first kappa shape index (κ1) is 27.3. The van der Waals surface area contributed by atoms with Crippen molar-refractivity contribution < 1.29 is 29.3 Å². The Morgan fingerprint density at radius 1 is 1.05 bits per heavy atom. The van der Waals surface area contributed by atoms with Crippen LogP contribution >= 0.6 is 0 Å². The number of nitrogens with zero attached hydrogens (tertiary/aromatic N) is 1. The summed E-state index contributed by atoms with van der Waals surface area (Å²) in [5.74, 6) is -2.05. The first-order chi connectivity index (χ1) is 18.4. The Balaban J connectivity index is 1.57. The van der Waals surface area contributed by atoms with Crippen molar-refractivity contribution in [1.82, 2.24) is 15.2 Å². The van der Waals surface area contributed by atoms with Crippen molar-refractivity contribution in [2.24, 2.45) is 0 Å². The predicted octanol–water partition coefficient (Wildman–Crippen LogP) is 2.67. The molecule has 3 unspecified atom stereocenters. The maximum Gasteiger partial charge on any atom is 0.326 e. The molecule has 38 heavy (non-hydrogen) atoms. The molecule has 1 aliphatic rings. The number of aryl methyl sites for hydroxylation is 2. The quantitative estimate of drug-likeness (QED) is 0.270. The second kappa shape index (κ2) is 12.7. The lowest BCUT2D eigenvalue weighted by Crippen LogP contribution is -2.54. The number of nitrogens with one attached hydrogen (secondary N) is 2. The lowest BCUT2D eigenvalue weighted by molar-refractivity contribution is -0.150. The third-order valence-electron chi connectivity index (χ3n) is 7.06. The van der Waals surface area contributed by atoms with Gasteiger partial charge in [0.15, 0.2) is 0 Å². The summed E-state index contributed by atoms with van der Waals surface area (Å²) in [5, 5.41) is 24.1. The number of likely N-dealkylation sites (tertiary alicyclic amines) is 1. The van der Waals surface area contributed by atoms with E-state index in [1.165, 1.54) is 4.90 Å². The monoisotopic (exact) mass is 521 g/mol. The molecule has 1 aromatic heterocycles. The summed E-state index contributed by atoms with van der Waals surface area (Å²) in [6, 6.07) is 14.9. The van der Waals surface area contributed by atoms with Crippen molar-refractivity contribution in [2.45, 2.75) is 63.3 Å². The number of fused-ring (bicyclic) bond motifs is 1. The van der Waals surface area contributed by atoms with Crippen LogP contribution in [0.3, 0.4) is 0 Å². The number of aliphatic carboxylic acids is 1. The van der Waals surface area contributed by atoms with Crippen LogP contribution in [0.4, 0.5) is 0 Å². The molecule has 2 heterocycles. The average molecular weight is 522 g/mol. The number of aliphatic hydroxyl groups excluding tert-OH is 1. The minimum absolute atomic E-state index is 0.0223. The molecule has 4 atom stereocenters. The summed E-state index contributed by atoms with van der Waals surface area (Å²) in [7, 11) is 0. The van der Waals surface area contributed by atoms with E-state index < -0.39 is 42.1 Å². The van der Waals surface area contributed by atoms with Crippen LogP contribution in [0, 0.1) is 0 Å². The van der Waals surface area contributed by atoms with Crippen LogP contribution in [0.15, 0.2) is 60.8 Å². The van der Waals surface area contributed by atoms with E-state index in [0.29, 0.717) is 25.7 Å². The van der Waals surface area contributed by atoms with Gasteiger partial charge in [0.1, 0.15) is 12.1 Å². The number of hydrogen-bond donors (Lipinski definition) is 4. The Bertz CT molecular complexity index is 1240. The summed E-state index contributed by atoms with van der Waals surface area (Å²) in [6.07, 6.45) is 2.84. The van der Waals surface area contributed by atoms with E-state index in [1.54, 1.807) is 6.92 Å². The highest BCUT2D eigenvalue weighted by Crippen LogP contribution is 2.23. The fourth-order valence-corrected chi connectivity index (χ4v) is 5.12. The zero-order valence-corrected chi connectivity index (χ0v) is 21.5. The Hall–Kier alpha value is -3.69. The molecule has 0 saturated carbocycles. The Morgan fingerprint density at radius 3 is 2.50 bits per heavy atom. The number of rotatable bonds is 12. The predicted molar refractivity (Wildman–Crippen MR) is 142 cm³/mol. The molecule has 0 spiro atoms. The standard InChI is InChI=1S/C29H35N3O6/c1-2-38-29(37)25(14-12-19-8-4-3-5-9-19)31-24(27(34)32-18-21(33)16-26(32)28(35)36)15-13-20-17-30-23-11-7-6-10-22(20)23/h3-11,17,21,24-26,30-31,33H,2,12-16,18H2,1H3,(H,35,36)/t21?,24?,25?,26-/m0/s1. The van der Waals surface area contributed by atoms with Crippen molar-refractivity contribution in [3.05, 3.63) is 71.9 Å². The Kier molecular flexibility index (Phi) is 9.15. The SMILES string of the molecule is CCOC(=O)C(CCc1ccccc1)NC(CCc1c[nH]c2ccccc12)C(=O)N1CC(O)C[C@H]1C(=O)O. The summed E-state index contributed by atoms with van der Waals surface area (Å²) < 4.78 is 5.32. The molecule has 0 aliphatic carbocycles. The number of ether oxygens (including phenoxy) is 1. The van der Waals surface area contributed by atoms with Gasteiger partial charge in [0.2, 0.25) is 5.91 Å². The van der Waals surface area contributed by atoms with E-state index in [2.05, 4.69) is 10.3 Å². The van der Waals surface area contributed by atoms with Crippen LogP contribution in [-0.2, 0) is 32.0 Å². The van der Waals surface area contributed by atoms with Crippen molar-refractivity contribution in [1.29, 1.82) is 0 Å². The molecular weight excluding hydrogens is 486 g/mol. The van der Waals surface area contributed by atoms with Gasteiger partial charge in [0, 0.05) is 30.1 Å². The van der Waals surface area contributed by atoms with Crippen LogP contribution in [0.2, 0.25) is 0 Å². The number of aromatic amines is 1. The van der Waals surface area contributed by atoms with E-state index in [0.717, 1.165) is 22.0 Å². The molecule has 1 saturated heterocycles. The molecule has 202 valence electrons. The lowest BCUT2D eigenvalue weighted by Gasteiger charge is -2.30. The molecule has 2 aromatic carbocycles. The number of aliphatic hydroxyl groups is 1. The van der Waals surface area contributed by atoms with Gasteiger partial charge in [-0.1, -0.05) is 48.5 Å². The van der Waals surface area contributed by atoms with Crippen LogP contribution in [0.1, 0.15) is 37.3 Å². The number of β-amino-alcohol motifs (C(OH)–C–C–N with tert-alkyl or cyclic N) is 1. The van der Waals surface area contributed by atoms with Gasteiger partial charge in [-0.15, -0.1) is 0 Å².